The van der Waals surface area contributed by atoms with E-state index in [1.165, 1.54) is 35.0 Å². The summed E-state index contributed by atoms with van der Waals surface area (Å²) >= 11 is 3.57. The van der Waals surface area contributed by atoms with Gasteiger partial charge in [-0.05, 0) is 49.4 Å². The molecule has 0 bridgehead atoms. The molecule has 1 saturated heterocycles. The molecule has 86 valence electrons. The van der Waals surface area contributed by atoms with Crippen molar-refractivity contribution in [3.63, 3.8) is 0 Å². The molecule has 2 heterocycles. The number of hydrogen-bond acceptors (Lipinski definition) is 2. The molecular weight excluding hydrogens is 264 g/mol. The molecule has 2 nitrogen and oxygen atoms in total. The number of aryl methyl sites for hydroxylation is 1. The molecule has 0 aliphatic carbocycles. The monoisotopic (exact) mass is 280 g/mol. The highest BCUT2D eigenvalue weighted by Gasteiger charge is 2.34. The van der Waals surface area contributed by atoms with Crippen molar-refractivity contribution >= 4 is 21.6 Å². The lowest BCUT2D eigenvalue weighted by Crippen LogP contribution is -2.34. The third-order valence-electron chi connectivity index (χ3n) is 3.94. The Morgan fingerprint density at radius 1 is 1.44 bits per heavy atom. The van der Waals surface area contributed by atoms with Crippen LogP contribution in [-0.4, -0.2) is 19.1 Å². The topological polar surface area (TPSA) is 29.3 Å². The Balaban J connectivity index is 1.96. The Bertz CT molecular complexity index is 405. The van der Waals surface area contributed by atoms with Crippen molar-refractivity contribution in [2.75, 3.05) is 18.0 Å². The lowest BCUT2D eigenvalue weighted by molar-refractivity contribution is 0.537. The number of fused-ring (bicyclic) bond motifs is 3. The Hall–Kier alpha value is -0.540. The predicted octanol–water partition coefficient (Wildman–Crippen LogP) is 2.55. The normalized spacial score (nSPS) is 27.8. The molecule has 3 heteroatoms. The van der Waals surface area contributed by atoms with Gasteiger partial charge in [-0.3, -0.25) is 0 Å². The molecule has 3 rings (SSSR count). The first-order valence-electron chi connectivity index (χ1n) is 6.03. The number of rotatable bonds is 1. The number of nitrogens with two attached hydrogens (primary N) is 1. The van der Waals surface area contributed by atoms with Gasteiger partial charge in [-0.2, -0.15) is 0 Å². The summed E-state index contributed by atoms with van der Waals surface area (Å²) in [5.74, 6) is 0.690. The first-order chi connectivity index (χ1) is 7.78. The van der Waals surface area contributed by atoms with Crippen LogP contribution in [0.15, 0.2) is 22.7 Å². The highest BCUT2D eigenvalue weighted by atomic mass is 79.9. The molecule has 0 aromatic heterocycles. The van der Waals surface area contributed by atoms with Gasteiger partial charge in [0.15, 0.2) is 0 Å². The van der Waals surface area contributed by atoms with Crippen LogP contribution in [0.4, 0.5) is 5.69 Å². The van der Waals surface area contributed by atoms with Crippen LogP contribution in [0.2, 0.25) is 0 Å². The SMILES string of the molecule is NCC1CC2CCc3ccc(Br)cc3N2C1. The quantitative estimate of drug-likeness (QED) is 0.857. The van der Waals surface area contributed by atoms with Crippen molar-refractivity contribution in [2.24, 2.45) is 11.7 Å². The van der Waals surface area contributed by atoms with Crippen LogP contribution in [-0.2, 0) is 6.42 Å². The van der Waals surface area contributed by atoms with Gasteiger partial charge in [0, 0.05) is 22.7 Å². The standard InChI is InChI=1S/C13H17BrN2/c14-11-3-1-10-2-4-12-5-9(7-15)8-16(12)13(10)6-11/h1,3,6,9,12H,2,4-5,7-8,15H2. The molecular formula is C13H17BrN2. The van der Waals surface area contributed by atoms with Gasteiger partial charge in [0.2, 0.25) is 0 Å². The third-order valence-corrected chi connectivity index (χ3v) is 4.43. The van der Waals surface area contributed by atoms with Gasteiger partial charge in [0.25, 0.3) is 0 Å². The van der Waals surface area contributed by atoms with Crippen LogP contribution in [0.1, 0.15) is 18.4 Å². The summed E-state index contributed by atoms with van der Waals surface area (Å²) in [4.78, 5) is 2.57. The second-order valence-electron chi connectivity index (χ2n) is 4.96. The minimum Gasteiger partial charge on any atom is -0.368 e. The largest absolute Gasteiger partial charge is 0.368 e. The zero-order chi connectivity index (χ0) is 11.1. The molecule has 16 heavy (non-hydrogen) atoms. The molecule has 2 aliphatic heterocycles. The molecule has 2 aliphatic rings. The first-order valence-corrected chi connectivity index (χ1v) is 6.82. The average molecular weight is 281 g/mol. The van der Waals surface area contributed by atoms with E-state index in [2.05, 4.69) is 39.0 Å². The van der Waals surface area contributed by atoms with E-state index in [0.29, 0.717) is 5.92 Å². The van der Waals surface area contributed by atoms with Crippen molar-refractivity contribution in [3.05, 3.63) is 28.2 Å². The van der Waals surface area contributed by atoms with E-state index in [-0.39, 0.29) is 0 Å². The highest BCUT2D eigenvalue weighted by molar-refractivity contribution is 9.10. The molecule has 1 fully saturated rings. The summed E-state index contributed by atoms with van der Waals surface area (Å²) in [6.45, 7) is 1.97. The lowest BCUT2D eigenvalue weighted by Gasteiger charge is -2.33. The van der Waals surface area contributed by atoms with Crippen molar-refractivity contribution in [2.45, 2.75) is 25.3 Å². The minimum atomic E-state index is 0.690. The van der Waals surface area contributed by atoms with Crippen molar-refractivity contribution in [1.29, 1.82) is 0 Å². The maximum Gasteiger partial charge on any atom is 0.0412 e. The van der Waals surface area contributed by atoms with E-state index in [9.17, 15) is 0 Å². The van der Waals surface area contributed by atoms with E-state index < -0.39 is 0 Å². The Labute approximate surface area is 105 Å². The summed E-state index contributed by atoms with van der Waals surface area (Å²) in [6, 6.07) is 7.40. The van der Waals surface area contributed by atoms with Crippen LogP contribution in [0.5, 0.6) is 0 Å². The van der Waals surface area contributed by atoms with Crippen LogP contribution in [0.25, 0.3) is 0 Å². The smallest absolute Gasteiger partial charge is 0.0412 e. The first kappa shape index (κ1) is 10.6. The minimum absolute atomic E-state index is 0.690. The molecule has 2 N–H and O–H groups in total. The van der Waals surface area contributed by atoms with E-state index in [4.69, 9.17) is 5.73 Å². The Kier molecular flexibility index (Phi) is 2.68. The number of nitrogens with zero attached hydrogens (tertiary/aromatic N) is 1. The van der Waals surface area contributed by atoms with E-state index in [0.717, 1.165) is 19.1 Å². The third kappa shape index (κ3) is 1.66. The van der Waals surface area contributed by atoms with Gasteiger partial charge in [0.05, 0.1) is 0 Å². The van der Waals surface area contributed by atoms with E-state index >= 15 is 0 Å². The summed E-state index contributed by atoms with van der Waals surface area (Å²) < 4.78 is 1.18. The zero-order valence-electron chi connectivity index (χ0n) is 9.32. The van der Waals surface area contributed by atoms with E-state index in [1.807, 2.05) is 0 Å². The number of hydrogen-bond donors (Lipinski definition) is 1. The molecule has 2 atom stereocenters. The average Bonchev–Trinajstić information content (AvgIpc) is 2.72. The van der Waals surface area contributed by atoms with Crippen LogP contribution >= 0.6 is 15.9 Å². The summed E-state index contributed by atoms with van der Waals surface area (Å²) in [6.07, 6.45) is 3.80. The van der Waals surface area contributed by atoms with Gasteiger partial charge in [-0.1, -0.05) is 22.0 Å². The van der Waals surface area contributed by atoms with Gasteiger partial charge in [0.1, 0.15) is 0 Å². The summed E-state index contributed by atoms with van der Waals surface area (Å²) in [5, 5.41) is 0. The Morgan fingerprint density at radius 3 is 3.12 bits per heavy atom. The van der Waals surface area contributed by atoms with Crippen LogP contribution < -0.4 is 10.6 Å². The number of halogens is 1. The van der Waals surface area contributed by atoms with Gasteiger partial charge in [-0.15, -0.1) is 0 Å². The lowest BCUT2D eigenvalue weighted by atomic mass is 9.95. The number of anilines is 1. The van der Waals surface area contributed by atoms with Crippen LogP contribution in [0, 0.1) is 5.92 Å². The van der Waals surface area contributed by atoms with Gasteiger partial charge >= 0.3 is 0 Å². The fourth-order valence-corrected chi connectivity index (χ4v) is 3.44. The molecule has 1 aromatic carbocycles. The van der Waals surface area contributed by atoms with Crippen LogP contribution in [0.3, 0.4) is 0 Å². The molecule has 0 amide bonds. The fourth-order valence-electron chi connectivity index (χ4n) is 3.09. The van der Waals surface area contributed by atoms with E-state index in [1.54, 1.807) is 0 Å². The number of benzene rings is 1. The molecule has 2 unspecified atom stereocenters. The predicted molar refractivity (Wildman–Crippen MR) is 70.8 cm³/mol. The zero-order valence-corrected chi connectivity index (χ0v) is 10.9. The Morgan fingerprint density at radius 2 is 2.31 bits per heavy atom. The highest BCUT2D eigenvalue weighted by Crippen LogP contribution is 2.39. The molecule has 0 radical (unpaired) electrons. The maximum atomic E-state index is 5.80. The fraction of sp³-hybridized carbons (Fsp3) is 0.538. The van der Waals surface area contributed by atoms with Gasteiger partial charge in [-0.25, -0.2) is 0 Å². The molecule has 1 aromatic rings. The summed E-state index contributed by atoms with van der Waals surface area (Å²) in [5.41, 5.74) is 8.73. The van der Waals surface area contributed by atoms with Gasteiger partial charge < -0.3 is 10.6 Å². The van der Waals surface area contributed by atoms with Crippen molar-refractivity contribution in [1.82, 2.24) is 0 Å². The second-order valence-corrected chi connectivity index (χ2v) is 5.87. The van der Waals surface area contributed by atoms with Crippen molar-refractivity contribution < 1.29 is 0 Å². The second kappa shape index (κ2) is 4.04. The molecule has 0 spiro atoms. The maximum absolute atomic E-state index is 5.80. The molecule has 0 saturated carbocycles. The van der Waals surface area contributed by atoms with Crippen molar-refractivity contribution in [3.8, 4) is 0 Å². The summed E-state index contributed by atoms with van der Waals surface area (Å²) in [7, 11) is 0.